The van der Waals surface area contributed by atoms with Crippen LogP contribution in [0.2, 0.25) is 0 Å². The predicted octanol–water partition coefficient (Wildman–Crippen LogP) is 19.5. The average Bonchev–Trinajstić information content (AvgIpc) is 4.06. The van der Waals surface area contributed by atoms with Gasteiger partial charge in [0.25, 0.3) is 0 Å². The summed E-state index contributed by atoms with van der Waals surface area (Å²) in [6.07, 6.45) is 7.59. The van der Waals surface area contributed by atoms with E-state index < -0.39 is 0 Å². The van der Waals surface area contributed by atoms with E-state index in [9.17, 15) is 0 Å². The van der Waals surface area contributed by atoms with Gasteiger partial charge in [0.15, 0.2) is 0 Å². The van der Waals surface area contributed by atoms with Crippen LogP contribution in [0, 0.1) is 5.92 Å². The van der Waals surface area contributed by atoms with Gasteiger partial charge in [-0.1, -0.05) is 202 Å². The summed E-state index contributed by atoms with van der Waals surface area (Å²) in [5, 5.41) is 2.65. The van der Waals surface area contributed by atoms with Gasteiger partial charge in [-0.2, -0.15) is 0 Å². The second kappa shape index (κ2) is 16.9. The lowest BCUT2D eigenvalue weighted by atomic mass is 9.71. The lowest BCUT2D eigenvalue weighted by Gasteiger charge is -2.33. The smallest absolute Gasteiger partial charge is 0.0464 e. The number of hydrogen-bond donors (Lipinski definition) is 0. The highest BCUT2D eigenvalue weighted by Gasteiger charge is 2.46. The molecule has 0 N–H and O–H groups in total. The van der Waals surface area contributed by atoms with Crippen molar-refractivity contribution in [3.63, 3.8) is 0 Å². The third kappa shape index (κ3) is 7.04. The standard InChI is InChI=1S/C70H51NS/c1-70(2)65-42-50(69-63-22-11-9-19-57(63)58-20-10-12-23-64(58)69)30-36-59(65)60-38-35-56(44-66(60)70)71(54-31-25-47(26-32-54)49-29-37-62-61-21-13-14-24-67(61)72-68(62)43-49)55-33-27-48(28-34-55)53-40-51(45-15-5-3-6-16-45)39-52(41-53)46-17-7-4-8-18-46/h3-44,59,65,69H,1-2H3. The molecule has 1 aromatic heterocycles. The molecule has 72 heavy (non-hydrogen) atoms. The van der Waals surface area contributed by atoms with Crippen LogP contribution < -0.4 is 4.90 Å². The number of hydrogen-bond acceptors (Lipinski definition) is 2. The van der Waals surface area contributed by atoms with E-state index in [1.165, 1.54) is 104 Å². The molecule has 11 aromatic rings. The summed E-state index contributed by atoms with van der Waals surface area (Å²) in [4.78, 5) is 2.46. The van der Waals surface area contributed by atoms with Gasteiger partial charge < -0.3 is 4.90 Å². The van der Waals surface area contributed by atoms with Gasteiger partial charge >= 0.3 is 0 Å². The molecule has 1 heterocycles. The highest BCUT2D eigenvalue weighted by molar-refractivity contribution is 7.25. The minimum Gasteiger partial charge on any atom is -0.310 e. The van der Waals surface area contributed by atoms with Crippen molar-refractivity contribution in [2.75, 3.05) is 4.90 Å². The van der Waals surface area contributed by atoms with E-state index >= 15 is 0 Å². The van der Waals surface area contributed by atoms with Crippen LogP contribution in [0.25, 0.3) is 75.8 Å². The van der Waals surface area contributed by atoms with Gasteiger partial charge in [-0.25, -0.2) is 0 Å². The van der Waals surface area contributed by atoms with Crippen LogP contribution in [-0.2, 0) is 5.41 Å². The molecule has 14 rings (SSSR count). The topological polar surface area (TPSA) is 3.24 Å². The highest BCUT2D eigenvalue weighted by Crippen LogP contribution is 2.57. The molecular weight excluding hydrogens is 887 g/mol. The summed E-state index contributed by atoms with van der Waals surface area (Å²) >= 11 is 1.87. The van der Waals surface area contributed by atoms with Crippen molar-refractivity contribution in [3.8, 4) is 55.6 Å². The van der Waals surface area contributed by atoms with E-state index in [0.29, 0.717) is 11.8 Å². The highest BCUT2D eigenvalue weighted by atomic mass is 32.1. The van der Waals surface area contributed by atoms with E-state index in [-0.39, 0.29) is 11.3 Å². The molecule has 0 aliphatic heterocycles. The van der Waals surface area contributed by atoms with E-state index in [1.807, 2.05) is 11.3 Å². The largest absolute Gasteiger partial charge is 0.310 e. The number of thiophene rings is 1. The number of rotatable bonds is 8. The minimum absolute atomic E-state index is 0.103. The molecular formula is C70H51NS. The molecule has 0 spiro atoms. The SMILES string of the molecule is CC1(C)c2cc(N(c3ccc(-c4cc(-c5ccccc5)cc(-c5ccccc5)c4)cc3)c3ccc(-c4ccc5c(c4)sc4ccccc45)cc3)ccc2C2C=CC(C3c4ccccc4-c4ccccc43)=CC21. The fourth-order valence-corrected chi connectivity index (χ4v) is 13.6. The van der Waals surface area contributed by atoms with E-state index in [2.05, 4.69) is 274 Å². The molecule has 3 aliphatic rings. The minimum atomic E-state index is -0.103. The zero-order chi connectivity index (χ0) is 47.9. The maximum atomic E-state index is 2.63. The molecule has 2 heteroatoms. The molecule has 0 saturated heterocycles. The normalized spacial score (nSPS) is 16.3. The molecule has 0 bridgehead atoms. The third-order valence-corrected chi connectivity index (χ3v) is 17.2. The number of benzene rings is 10. The van der Waals surface area contributed by atoms with Gasteiger partial charge in [0.1, 0.15) is 0 Å². The fraction of sp³-hybridized carbons (Fsp3) is 0.0857. The molecule has 0 amide bonds. The summed E-state index contributed by atoms with van der Waals surface area (Å²) in [5.74, 6) is 0.890. The second-order valence-corrected chi connectivity index (χ2v) is 21.5. The van der Waals surface area contributed by atoms with Gasteiger partial charge in [-0.15, -0.1) is 11.3 Å². The van der Waals surface area contributed by atoms with Crippen molar-refractivity contribution in [2.45, 2.75) is 31.1 Å². The first-order valence-corrected chi connectivity index (χ1v) is 26.2. The Kier molecular flexibility index (Phi) is 10.0. The van der Waals surface area contributed by atoms with Gasteiger partial charge in [0, 0.05) is 49.1 Å². The van der Waals surface area contributed by atoms with Crippen LogP contribution in [0.4, 0.5) is 17.1 Å². The van der Waals surface area contributed by atoms with Crippen LogP contribution >= 0.6 is 11.3 Å². The Morgan fingerprint density at radius 2 is 0.889 bits per heavy atom. The van der Waals surface area contributed by atoms with Gasteiger partial charge in [-0.05, 0) is 162 Å². The van der Waals surface area contributed by atoms with Crippen molar-refractivity contribution in [2.24, 2.45) is 5.92 Å². The number of allylic oxidation sites excluding steroid dienone is 4. The fourth-order valence-electron chi connectivity index (χ4n) is 12.4. The zero-order valence-electron chi connectivity index (χ0n) is 40.3. The van der Waals surface area contributed by atoms with E-state index in [1.54, 1.807) is 0 Å². The summed E-state index contributed by atoms with van der Waals surface area (Å²) in [6, 6.07) is 87.9. The Labute approximate surface area is 426 Å². The predicted molar refractivity (Wildman–Crippen MR) is 306 cm³/mol. The average molecular weight is 938 g/mol. The van der Waals surface area contributed by atoms with Gasteiger partial charge in [0.05, 0.1) is 0 Å². The first kappa shape index (κ1) is 42.6. The van der Waals surface area contributed by atoms with Gasteiger partial charge in [-0.3, -0.25) is 0 Å². The second-order valence-electron chi connectivity index (χ2n) is 20.4. The summed E-state index contributed by atoms with van der Waals surface area (Å²) < 4.78 is 2.65. The Morgan fingerprint density at radius 3 is 1.51 bits per heavy atom. The summed E-state index contributed by atoms with van der Waals surface area (Å²) in [7, 11) is 0. The first-order valence-electron chi connectivity index (χ1n) is 25.3. The van der Waals surface area contributed by atoms with Crippen molar-refractivity contribution in [1.82, 2.24) is 0 Å². The maximum Gasteiger partial charge on any atom is 0.0464 e. The summed E-state index contributed by atoms with van der Waals surface area (Å²) in [5.41, 5.74) is 22.8. The molecule has 0 radical (unpaired) electrons. The number of anilines is 3. The van der Waals surface area contributed by atoms with Gasteiger partial charge in [0.2, 0.25) is 0 Å². The Hall–Kier alpha value is -8.30. The number of nitrogens with zero attached hydrogens (tertiary/aromatic N) is 1. The molecule has 1 nitrogen and oxygen atoms in total. The summed E-state index contributed by atoms with van der Waals surface area (Å²) in [6.45, 7) is 4.94. The Balaban J connectivity index is 0.853. The van der Waals surface area contributed by atoms with Crippen LogP contribution in [0.3, 0.4) is 0 Å². The molecule has 3 aliphatic carbocycles. The molecule has 0 fully saturated rings. The van der Waals surface area contributed by atoms with Crippen molar-refractivity contribution >= 4 is 48.6 Å². The first-order chi connectivity index (χ1) is 35.4. The Morgan fingerprint density at radius 1 is 0.389 bits per heavy atom. The number of fused-ring (bicyclic) bond motifs is 9. The van der Waals surface area contributed by atoms with Crippen LogP contribution in [0.15, 0.2) is 260 Å². The van der Waals surface area contributed by atoms with Crippen LogP contribution in [-0.4, -0.2) is 0 Å². The molecule has 0 saturated carbocycles. The van der Waals surface area contributed by atoms with E-state index in [4.69, 9.17) is 0 Å². The quantitative estimate of drug-likeness (QED) is 0.147. The van der Waals surface area contributed by atoms with Crippen LogP contribution in [0.5, 0.6) is 0 Å². The van der Waals surface area contributed by atoms with Crippen molar-refractivity contribution in [3.05, 3.63) is 283 Å². The Bertz CT molecular complexity index is 3850. The monoisotopic (exact) mass is 937 g/mol. The third-order valence-electron chi connectivity index (χ3n) is 16.0. The van der Waals surface area contributed by atoms with E-state index in [0.717, 1.165) is 17.1 Å². The lowest BCUT2D eigenvalue weighted by molar-refractivity contribution is 0.391. The van der Waals surface area contributed by atoms with Crippen molar-refractivity contribution in [1.29, 1.82) is 0 Å². The molecule has 342 valence electrons. The molecule has 2 unspecified atom stereocenters. The molecule has 2 atom stereocenters. The molecule has 10 aromatic carbocycles. The van der Waals surface area contributed by atoms with Crippen LogP contribution in [0.1, 0.15) is 47.9 Å². The maximum absolute atomic E-state index is 2.63. The lowest BCUT2D eigenvalue weighted by Crippen LogP contribution is -2.26. The van der Waals surface area contributed by atoms with Crippen molar-refractivity contribution < 1.29 is 0 Å². The zero-order valence-corrected chi connectivity index (χ0v) is 41.2.